The molecule has 1 saturated heterocycles. The Morgan fingerprint density at radius 3 is 2.57 bits per heavy atom. The van der Waals surface area contributed by atoms with Gasteiger partial charge in [0.2, 0.25) is 0 Å². The fraction of sp³-hybridized carbons (Fsp3) is 0.889. The SMILES string of the molecule is CN1CCN(CCOC(=O)CCl)CC1. The molecular weight excluding hydrogens is 204 g/mol. The maximum atomic E-state index is 10.7. The number of alkyl halides is 1. The molecule has 4 nitrogen and oxygen atoms in total. The number of likely N-dealkylation sites (N-methyl/N-ethyl adjacent to an activating group) is 1. The van der Waals surface area contributed by atoms with E-state index in [2.05, 4.69) is 16.8 Å². The number of carbonyl (C=O) groups excluding carboxylic acids is 1. The second-order valence-corrected chi connectivity index (χ2v) is 3.77. The van der Waals surface area contributed by atoms with Crippen LogP contribution in [0.25, 0.3) is 0 Å². The predicted octanol–water partition coefficient (Wildman–Crippen LogP) is 0.0158. The van der Waals surface area contributed by atoms with Gasteiger partial charge < -0.3 is 9.64 Å². The van der Waals surface area contributed by atoms with Crippen molar-refractivity contribution < 1.29 is 9.53 Å². The van der Waals surface area contributed by atoms with Gasteiger partial charge in [-0.1, -0.05) is 0 Å². The third kappa shape index (κ3) is 4.26. The largest absolute Gasteiger partial charge is 0.463 e. The lowest BCUT2D eigenvalue weighted by atomic mass is 10.3. The lowest BCUT2D eigenvalue weighted by Crippen LogP contribution is -2.45. The van der Waals surface area contributed by atoms with Crippen LogP contribution in [0.4, 0.5) is 0 Å². The third-order valence-electron chi connectivity index (χ3n) is 2.38. The van der Waals surface area contributed by atoms with Crippen molar-refractivity contribution in [1.82, 2.24) is 9.80 Å². The van der Waals surface area contributed by atoms with Gasteiger partial charge in [-0.05, 0) is 7.05 Å². The van der Waals surface area contributed by atoms with E-state index in [-0.39, 0.29) is 11.8 Å². The van der Waals surface area contributed by atoms with Gasteiger partial charge in [-0.25, -0.2) is 0 Å². The summed E-state index contributed by atoms with van der Waals surface area (Å²) >= 11 is 5.30. The van der Waals surface area contributed by atoms with Gasteiger partial charge in [0.05, 0.1) is 0 Å². The molecule has 1 fully saturated rings. The summed E-state index contributed by atoms with van der Waals surface area (Å²) in [6.07, 6.45) is 0. The number of esters is 1. The minimum atomic E-state index is -0.333. The molecule has 0 amide bonds. The molecule has 1 aliphatic rings. The number of hydrogen-bond donors (Lipinski definition) is 0. The summed E-state index contributed by atoms with van der Waals surface area (Å²) in [5.74, 6) is -0.385. The van der Waals surface area contributed by atoms with Crippen LogP contribution in [0.3, 0.4) is 0 Å². The van der Waals surface area contributed by atoms with Gasteiger partial charge in [0.25, 0.3) is 0 Å². The summed E-state index contributed by atoms with van der Waals surface area (Å²) in [7, 11) is 2.12. The van der Waals surface area contributed by atoms with Crippen LogP contribution in [0.2, 0.25) is 0 Å². The molecule has 0 saturated carbocycles. The van der Waals surface area contributed by atoms with Gasteiger partial charge in [-0.15, -0.1) is 11.6 Å². The minimum Gasteiger partial charge on any atom is -0.463 e. The second kappa shape index (κ2) is 6.22. The van der Waals surface area contributed by atoms with Crippen LogP contribution in [0.5, 0.6) is 0 Å². The molecule has 0 aromatic carbocycles. The molecule has 0 aliphatic carbocycles. The zero-order valence-electron chi connectivity index (χ0n) is 8.54. The summed E-state index contributed by atoms with van der Waals surface area (Å²) < 4.78 is 4.89. The average molecular weight is 221 g/mol. The van der Waals surface area contributed by atoms with Gasteiger partial charge in [0.1, 0.15) is 12.5 Å². The number of ether oxygens (including phenoxy) is 1. The van der Waals surface area contributed by atoms with Crippen LogP contribution in [-0.2, 0) is 9.53 Å². The van der Waals surface area contributed by atoms with Gasteiger partial charge in [-0.3, -0.25) is 9.69 Å². The molecule has 0 unspecified atom stereocenters. The molecule has 0 aromatic heterocycles. The molecule has 82 valence electrons. The quantitative estimate of drug-likeness (QED) is 0.494. The van der Waals surface area contributed by atoms with Crippen LogP contribution >= 0.6 is 11.6 Å². The van der Waals surface area contributed by atoms with E-state index in [1.165, 1.54) is 0 Å². The fourth-order valence-corrected chi connectivity index (χ4v) is 1.48. The normalized spacial score (nSPS) is 19.6. The number of nitrogens with zero attached hydrogens (tertiary/aromatic N) is 2. The Morgan fingerprint density at radius 2 is 2.00 bits per heavy atom. The van der Waals surface area contributed by atoms with E-state index in [4.69, 9.17) is 16.3 Å². The Bertz CT molecular complexity index is 182. The van der Waals surface area contributed by atoms with Crippen LogP contribution in [0, 0.1) is 0 Å². The molecule has 0 N–H and O–H groups in total. The Morgan fingerprint density at radius 1 is 1.36 bits per heavy atom. The lowest BCUT2D eigenvalue weighted by Gasteiger charge is -2.31. The second-order valence-electron chi connectivity index (χ2n) is 3.50. The average Bonchev–Trinajstić information content (AvgIpc) is 2.21. The van der Waals surface area contributed by atoms with Crippen molar-refractivity contribution in [1.29, 1.82) is 0 Å². The smallest absolute Gasteiger partial charge is 0.320 e. The Kier molecular flexibility index (Phi) is 5.22. The lowest BCUT2D eigenvalue weighted by molar-refractivity contribution is -0.141. The first kappa shape index (κ1) is 11.8. The Labute approximate surface area is 89.8 Å². The van der Waals surface area contributed by atoms with Crippen LogP contribution in [0.1, 0.15) is 0 Å². The predicted molar refractivity (Wildman–Crippen MR) is 55.6 cm³/mol. The van der Waals surface area contributed by atoms with Crippen molar-refractivity contribution in [3.05, 3.63) is 0 Å². The molecule has 0 bridgehead atoms. The highest BCUT2D eigenvalue weighted by molar-refractivity contribution is 6.26. The van der Waals surface area contributed by atoms with E-state index >= 15 is 0 Å². The van der Waals surface area contributed by atoms with E-state index in [0.29, 0.717) is 6.61 Å². The summed E-state index contributed by atoms with van der Waals surface area (Å²) in [6.45, 7) is 5.54. The van der Waals surface area contributed by atoms with E-state index in [9.17, 15) is 4.79 Å². The summed E-state index contributed by atoms with van der Waals surface area (Å²) in [6, 6.07) is 0. The first-order valence-corrected chi connectivity index (χ1v) is 5.38. The van der Waals surface area contributed by atoms with Crippen LogP contribution < -0.4 is 0 Å². The first-order chi connectivity index (χ1) is 6.72. The molecule has 0 atom stereocenters. The highest BCUT2D eigenvalue weighted by Gasteiger charge is 2.13. The number of carbonyl (C=O) groups is 1. The van der Waals surface area contributed by atoms with Crippen molar-refractivity contribution in [3.63, 3.8) is 0 Å². The zero-order chi connectivity index (χ0) is 10.4. The maximum absolute atomic E-state index is 10.7. The molecule has 0 spiro atoms. The molecule has 1 rings (SSSR count). The molecule has 5 heteroatoms. The minimum absolute atomic E-state index is 0.0528. The van der Waals surface area contributed by atoms with Crippen LogP contribution in [0.15, 0.2) is 0 Å². The number of halogens is 1. The highest BCUT2D eigenvalue weighted by atomic mass is 35.5. The molecule has 1 aliphatic heterocycles. The Hall–Kier alpha value is -0.320. The number of rotatable bonds is 4. The fourth-order valence-electron chi connectivity index (χ4n) is 1.40. The molecule has 0 radical (unpaired) electrons. The standard InChI is InChI=1S/C9H17ClN2O2/c1-11-2-4-12(5-3-11)6-7-14-9(13)8-10/h2-8H2,1H3. The topological polar surface area (TPSA) is 32.8 Å². The van der Waals surface area contributed by atoms with Gasteiger partial charge in [0.15, 0.2) is 0 Å². The van der Waals surface area contributed by atoms with Gasteiger partial charge in [-0.2, -0.15) is 0 Å². The van der Waals surface area contributed by atoms with Crippen molar-refractivity contribution in [2.75, 3.05) is 52.3 Å². The molecular formula is C9H17ClN2O2. The monoisotopic (exact) mass is 220 g/mol. The first-order valence-electron chi connectivity index (χ1n) is 4.85. The zero-order valence-corrected chi connectivity index (χ0v) is 9.29. The molecule has 1 heterocycles. The van der Waals surface area contributed by atoms with E-state index < -0.39 is 0 Å². The number of hydrogen-bond acceptors (Lipinski definition) is 4. The van der Waals surface area contributed by atoms with E-state index in [0.717, 1.165) is 32.7 Å². The van der Waals surface area contributed by atoms with Crippen molar-refractivity contribution in [2.24, 2.45) is 0 Å². The van der Waals surface area contributed by atoms with Crippen molar-refractivity contribution in [3.8, 4) is 0 Å². The summed E-state index contributed by atoms with van der Waals surface area (Å²) in [4.78, 5) is 15.3. The van der Waals surface area contributed by atoms with Crippen molar-refractivity contribution in [2.45, 2.75) is 0 Å². The summed E-state index contributed by atoms with van der Waals surface area (Å²) in [5.41, 5.74) is 0. The highest BCUT2D eigenvalue weighted by Crippen LogP contribution is 1.98. The third-order valence-corrected chi connectivity index (χ3v) is 2.59. The Balaban J connectivity index is 2.04. The van der Waals surface area contributed by atoms with Gasteiger partial charge >= 0.3 is 5.97 Å². The van der Waals surface area contributed by atoms with E-state index in [1.807, 2.05) is 0 Å². The summed E-state index contributed by atoms with van der Waals surface area (Å²) in [5, 5.41) is 0. The number of piperazine rings is 1. The van der Waals surface area contributed by atoms with Crippen molar-refractivity contribution >= 4 is 17.6 Å². The maximum Gasteiger partial charge on any atom is 0.320 e. The molecule has 14 heavy (non-hydrogen) atoms. The van der Waals surface area contributed by atoms with Crippen LogP contribution in [-0.4, -0.2) is 68.0 Å². The van der Waals surface area contributed by atoms with Gasteiger partial charge in [0, 0.05) is 32.7 Å². The van der Waals surface area contributed by atoms with E-state index in [1.54, 1.807) is 0 Å². The molecule has 0 aromatic rings.